The standard InChI is InChI=1S/C7H11NO2/c1-10-7(9)8-6-3-4-2-5(4)6/h4-6H,2-3H2,1H3,(H,8,9)/t4-,5-,6+/m1/s1. The maximum absolute atomic E-state index is 10.6. The summed E-state index contributed by atoms with van der Waals surface area (Å²) in [6, 6.07) is 0.428. The normalized spacial score (nSPS) is 41.1. The number of alkyl carbamates (subject to hydrolysis) is 1. The highest BCUT2D eigenvalue weighted by Crippen LogP contribution is 2.55. The number of methoxy groups -OCH3 is 1. The van der Waals surface area contributed by atoms with Crippen LogP contribution >= 0.6 is 0 Å². The number of nitrogens with one attached hydrogen (secondary N) is 1. The molecule has 56 valence electrons. The minimum absolute atomic E-state index is 0.282. The Labute approximate surface area is 59.7 Å². The van der Waals surface area contributed by atoms with Crippen molar-refractivity contribution in [2.24, 2.45) is 11.8 Å². The topological polar surface area (TPSA) is 38.3 Å². The van der Waals surface area contributed by atoms with Gasteiger partial charge in [-0.2, -0.15) is 0 Å². The molecule has 0 spiro atoms. The first-order chi connectivity index (χ1) is 4.81. The van der Waals surface area contributed by atoms with Crippen LogP contribution in [-0.2, 0) is 4.74 Å². The Morgan fingerprint density at radius 3 is 2.80 bits per heavy atom. The van der Waals surface area contributed by atoms with Crippen LogP contribution in [0, 0.1) is 11.8 Å². The third-order valence-corrected chi connectivity index (χ3v) is 2.54. The van der Waals surface area contributed by atoms with Crippen LogP contribution in [0.3, 0.4) is 0 Å². The summed E-state index contributed by atoms with van der Waals surface area (Å²) >= 11 is 0. The zero-order valence-corrected chi connectivity index (χ0v) is 5.96. The molecule has 0 radical (unpaired) electrons. The fourth-order valence-electron chi connectivity index (χ4n) is 1.72. The smallest absolute Gasteiger partial charge is 0.407 e. The van der Waals surface area contributed by atoms with E-state index in [2.05, 4.69) is 10.1 Å². The van der Waals surface area contributed by atoms with E-state index in [1.54, 1.807) is 0 Å². The van der Waals surface area contributed by atoms with E-state index in [0.29, 0.717) is 6.04 Å². The number of ether oxygens (including phenoxy) is 1. The molecule has 3 atom stereocenters. The molecule has 1 N–H and O–H groups in total. The Morgan fingerprint density at radius 1 is 1.60 bits per heavy atom. The average molecular weight is 141 g/mol. The van der Waals surface area contributed by atoms with Crippen molar-refractivity contribution in [2.75, 3.05) is 7.11 Å². The second-order valence-corrected chi connectivity index (χ2v) is 3.14. The van der Waals surface area contributed by atoms with E-state index in [1.165, 1.54) is 20.0 Å². The molecule has 2 fully saturated rings. The Balaban J connectivity index is 1.75. The van der Waals surface area contributed by atoms with Gasteiger partial charge in [0.25, 0.3) is 0 Å². The van der Waals surface area contributed by atoms with E-state index in [0.717, 1.165) is 11.8 Å². The lowest BCUT2D eigenvalue weighted by Crippen LogP contribution is -2.41. The van der Waals surface area contributed by atoms with Crippen molar-refractivity contribution in [3.63, 3.8) is 0 Å². The summed E-state index contributed by atoms with van der Waals surface area (Å²) in [7, 11) is 1.40. The highest BCUT2D eigenvalue weighted by Gasteiger charge is 2.53. The quantitative estimate of drug-likeness (QED) is 0.585. The lowest BCUT2D eigenvalue weighted by Gasteiger charge is -2.24. The third kappa shape index (κ3) is 0.770. The molecular weight excluding hydrogens is 130 g/mol. The summed E-state index contributed by atoms with van der Waals surface area (Å²) in [5, 5.41) is 2.80. The first-order valence-corrected chi connectivity index (χ1v) is 3.65. The fourth-order valence-corrected chi connectivity index (χ4v) is 1.72. The molecule has 2 rings (SSSR count). The molecule has 0 aromatic rings. The second kappa shape index (κ2) is 1.87. The molecule has 3 heteroatoms. The molecule has 2 aliphatic rings. The molecule has 0 bridgehead atoms. The molecule has 0 heterocycles. The van der Waals surface area contributed by atoms with E-state index in [4.69, 9.17) is 0 Å². The van der Waals surface area contributed by atoms with Crippen LogP contribution in [0.5, 0.6) is 0 Å². The van der Waals surface area contributed by atoms with E-state index in [9.17, 15) is 4.79 Å². The van der Waals surface area contributed by atoms with Gasteiger partial charge < -0.3 is 10.1 Å². The summed E-state index contributed by atoms with van der Waals surface area (Å²) in [5.74, 6) is 1.72. The second-order valence-electron chi connectivity index (χ2n) is 3.14. The van der Waals surface area contributed by atoms with Crippen LogP contribution < -0.4 is 5.32 Å². The zero-order chi connectivity index (χ0) is 7.14. The van der Waals surface area contributed by atoms with E-state index >= 15 is 0 Å². The maximum atomic E-state index is 10.6. The van der Waals surface area contributed by atoms with Crippen LogP contribution in [-0.4, -0.2) is 19.2 Å². The monoisotopic (exact) mass is 141 g/mol. The number of fused-ring (bicyclic) bond motifs is 1. The largest absolute Gasteiger partial charge is 0.453 e. The summed E-state index contributed by atoms with van der Waals surface area (Å²) in [4.78, 5) is 10.6. The predicted octanol–water partition coefficient (Wildman–Crippen LogP) is 0.751. The predicted molar refractivity (Wildman–Crippen MR) is 35.5 cm³/mol. The summed E-state index contributed by atoms with van der Waals surface area (Å²) in [6.45, 7) is 0. The van der Waals surface area contributed by atoms with Gasteiger partial charge in [0.15, 0.2) is 0 Å². The van der Waals surface area contributed by atoms with E-state index in [-0.39, 0.29) is 6.09 Å². The Bertz CT molecular complexity index is 169. The van der Waals surface area contributed by atoms with Gasteiger partial charge >= 0.3 is 6.09 Å². The number of carbonyl (C=O) groups is 1. The number of carbonyl (C=O) groups excluding carboxylic acids is 1. The molecule has 0 aliphatic heterocycles. The van der Waals surface area contributed by atoms with Gasteiger partial charge in [-0.15, -0.1) is 0 Å². The van der Waals surface area contributed by atoms with Crippen LogP contribution in [0.4, 0.5) is 4.79 Å². The molecule has 0 aromatic carbocycles. The van der Waals surface area contributed by atoms with Crippen molar-refractivity contribution in [3.8, 4) is 0 Å². The van der Waals surface area contributed by atoms with Crippen LogP contribution in [0.25, 0.3) is 0 Å². The van der Waals surface area contributed by atoms with Gasteiger partial charge in [0.2, 0.25) is 0 Å². The average Bonchev–Trinajstić information content (AvgIpc) is 2.56. The fraction of sp³-hybridized carbons (Fsp3) is 0.857. The van der Waals surface area contributed by atoms with Gasteiger partial charge in [-0.05, 0) is 24.7 Å². The minimum Gasteiger partial charge on any atom is -0.453 e. The van der Waals surface area contributed by atoms with Gasteiger partial charge in [0.1, 0.15) is 0 Å². The highest BCUT2D eigenvalue weighted by molar-refractivity contribution is 5.67. The van der Waals surface area contributed by atoms with Crippen molar-refractivity contribution in [3.05, 3.63) is 0 Å². The molecule has 0 saturated heterocycles. The number of hydrogen-bond donors (Lipinski definition) is 1. The minimum atomic E-state index is -0.282. The number of rotatable bonds is 1. The van der Waals surface area contributed by atoms with Crippen LogP contribution in [0.15, 0.2) is 0 Å². The van der Waals surface area contributed by atoms with Crippen molar-refractivity contribution in [1.82, 2.24) is 5.32 Å². The summed E-state index contributed by atoms with van der Waals surface area (Å²) < 4.78 is 4.47. The summed E-state index contributed by atoms with van der Waals surface area (Å²) in [5.41, 5.74) is 0. The molecule has 0 aromatic heterocycles. The van der Waals surface area contributed by atoms with Crippen molar-refractivity contribution < 1.29 is 9.53 Å². The first-order valence-electron chi connectivity index (χ1n) is 3.65. The van der Waals surface area contributed by atoms with Gasteiger partial charge in [-0.3, -0.25) is 0 Å². The van der Waals surface area contributed by atoms with Crippen molar-refractivity contribution in [1.29, 1.82) is 0 Å². The van der Waals surface area contributed by atoms with Crippen LogP contribution in [0.1, 0.15) is 12.8 Å². The van der Waals surface area contributed by atoms with E-state index < -0.39 is 0 Å². The first kappa shape index (κ1) is 6.01. The number of hydrogen-bond acceptors (Lipinski definition) is 2. The van der Waals surface area contributed by atoms with Crippen molar-refractivity contribution in [2.45, 2.75) is 18.9 Å². The zero-order valence-electron chi connectivity index (χ0n) is 5.96. The van der Waals surface area contributed by atoms with Crippen molar-refractivity contribution >= 4 is 6.09 Å². The summed E-state index contributed by atoms with van der Waals surface area (Å²) in [6.07, 6.45) is 2.20. The molecule has 10 heavy (non-hydrogen) atoms. The van der Waals surface area contributed by atoms with Crippen LogP contribution in [0.2, 0.25) is 0 Å². The molecular formula is C7H11NO2. The SMILES string of the molecule is COC(=O)N[C@H]1C[C@H]2C[C@H]21. The van der Waals surface area contributed by atoms with Gasteiger partial charge in [0, 0.05) is 6.04 Å². The number of amides is 1. The molecule has 2 aliphatic carbocycles. The third-order valence-electron chi connectivity index (χ3n) is 2.54. The lowest BCUT2D eigenvalue weighted by atomic mass is 9.93. The molecule has 1 amide bonds. The van der Waals surface area contributed by atoms with E-state index in [1.807, 2.05) is 0 Å². The molecule has 2 saturated carbocycles. The highest BCUT2D eigenvalue weighted by atomic mass is 16.5. The Kier molecular flexibility index (Phi) is 1.13. The molecule has 0 unspecified atom stereocenters. The maximum Gasteiger partial charge on any atom is 0.407 e. The molecule has 3 nitrogen and oxygen atoms in total. The Morgan fingerprint density at radius 2 is 2.40 bits per heavy atom. The lowest BCUT2D eigenvalue weighted by molar-refractivity contribution is 0.158. The van der Waals surface area contributed by atoms with Gasteiger partial charge in [0.05, 0.1) is 7.11 Å². The van der Waals surface area contributed by atoms with Gasteiger partial charge in [-0.1, -0.05) is 0 Å². The van der Waals surface area contributed by atoms with Gasteiger partial charge in [-0.25, -0.2) is 4.79 Å². The Hall–Kier alpha value is -0.730.